The number of halogens is 3. The number of aryl methyl sites for hydroxylation is 1. The van der Waals surface area contributed by atoms with Crippen molar-refractivity contribution in [3.8, 4) is 5.75 Å². The van der Waals surface area contributed by atoms with Crippen LogP contribution >= 0.6 is 12.4 Å². The predicted molar refractivity (Wildman–Crippen MR) is 75.3 cm³/mol. The molecule has 0 bridgehead atoms. The monoisotopic (exact) mass is 340 g/mol. The van der Waals surface area contributed by atoms with Crippen LogP contribution in [0.2, 0.25) is 0 Å². The number of benzene rings is 1. The molecule has 7 nitrogen and oxygen atoms in total. The molecule has 0 aliphatic carbocycles. The van der Waals surface area contributed by atoms with Crippen molar-refractivity contribution in [2.75, 3.05) is 6.61 Å². The van der Waals surface area contributed by atoms with Crippen molar-refractivity contribution in [2.24, 2.45) is 5.73 Å². The zero-order valence-corrected chi connectivity index (χ0v) is 12.5. The van der Waals surface area contributed by atoms with E-state index in [9.17, 15) is 28.8 Å². The van der Waals surface area contributed by atoms with Gasteiger partial charge in [-0.15, -0.1) is 12.4 Å². The van der Waals surface area contributed by atoms with Gasteiger partial charge in [-0.05, 0) is 13.8 Å². The van der Waals surface area contributed by atoms with Crippen LogP contribution < -0.4 is 5.73 Å². The largest absolute Gasteiger partial charge is 0.502 e. The zero-order chi connectivity index (χ0) is 16.4. The first-order valence-corrected chi connectivity index (χ1v) is 5.92. The molecule has 0 aromatic heterocycles. The lowest BCUT2D eigenvalue weighted by Crippen LogP contribution is -2.41. The Morgan fingerprint density at radius 3 is 2.55 bits per heavy atom. The van der Waals surface area contributed by atoms with E-state index in [-0.39, 0.29) is 24.6 Å². The number of ether oxygens (including phenoxy) is 1. The highest BCUT2D eigenvalue weighted by atomic mass is 35.5. The van der Waals surface area contributed by atoms with E-state index in [0.29, 0.717) is 0 Å². The van der Waals surface area contributed by atoms with Gasteiger partial charge in [-0.2, -0.15) is 8.78 Å². The lowest BCUT2D eigenvalue weighted by molar-refractivity contribution is -0.386. The number of nitro benzene ring substituents is 1. The molecule has 10 heteroatoms. The first kappa shape index (κ1) is 20.0. The van der Waals surface area contributed by atoms with Crippen molar-refractivity contribution in [1.29, 1.82) is 0 Å². The van der Waals surface area contributed by atoms with E-state index in [2.05, 4.69) is 4.74 Å². The molecule has 1 atom stereocenters. The van der Waals surface area contributed by atoms with Crippen molar-refractivity contribution in [2.45, 2.75) is 25.8 Å². The second-order valence-electron chi connectivity index (χ2n) is 4.25. The average Bonchev–Trinajstić information content (AvgIpc) is 2.38. The maximum Gasteiger partial charge on any atom is 0.379 e. The van der Waals surface area contributed by atoms with E-state index < -0.39 is 39.9 Å². The Hall–Kier alpha value is -2.00. The number of phenols is 1. The van der Waals surface area contributed by atoms with Gasteiger partial charge >= 0.3 is 17.6 Å². The third kappa shape index (κ3) is 3.60. The molecule has 0 unspecified atom stereocenters. The molecular weight excluding hydrogens is 326 g/mol. The lowest BCUT2D eigenvalue weighted by Gasteiger charge is -2.22. The van der Waals surface area contributed by atoms with Crippen LogP contribution in [0.5, 0.6) is 5.75 Å². The first-order valence-electron chi connectivity index (χ1n) is 5.92. The maximum atomic E-state index is 13.8. The third-order valence-electron chi connectivity index (χ3n) is 2.84. The first-order chi connectivity index (χ1) is 9.64. The van der Waals surface area contributed by atoms with E-state index in [1.54, 1.807) is 0 Å². The van der Waals surface area contributed by atoms with Crippen LogP contribution in [0.1, 0.15) is 24.1 Å². The van der Waals surface area contributed by atoms with Crippen molar-refractivity contribution in [1.82, 2.24) is 0 Å². The molecule has 0 aliphatic rings. The quantitative estimate of drug-likeness (QED) is 0.482. The summed E-state index contributed by atoms with van der Waals surface area (Å²) in [6.45, 7) is 2.39. The summed E-state index contributed by atoms with van der Waals surface area (Å²) >= 11 is 0. The van der Waals surface area contributed by atoms with Gasteiger partial charge in [-0.3, -0.25) is 10.1 Å². The molecule has 0 saturated heterocycles. The summed E-state index contributed by atoms with van der Waals surface area (Å²) in [6, 6.07) is -0.0973. The second-order valence-corrected chi connectivity index (χ2v) is 4.25. The number of rotatable bonds is 5. The van der Waals surface area contributed by atoms with Gasteiger partial charge in [0, 0.05) is 11.1 Å². The van der Waals surface area contributed by atoms with Gasteiger partial charge in [-0.25, -0.2) is 4.79 Å². The number of nitro groups is 1. The lowest BCUT2D eigenvalue weighted by atomic mass is 9.98. The molecule has 22 heavy (non-hydrogen) atoms. The van der Waals surface area contributed by atoms with Crippen LogP contribution in [0.3, 0.4) is 0 Å². The van der Waals surface area contributed by atoms with Crippen molar-refractivity contribution in [3.05, 3.63) is 33.4 Å². The molecule has 0 spiro atoms. The number of nitrogens with zero attached hydrogens (tertiary/aromatic N) is 1. The molecule has 124 valence electrons. The Morgan fingerprint density at radius 2 is 2.09 bits per heavy atom. The van der Waals surface area contributed by atoms with Gasteiger partial charge in [0.2, 0.25) is 0 Å². The highest BCUT2D eigenvalue weighted by molar-refractivity contribution is 5.85. The number of hydrogen-bond acceptors (Lipinski definition) is 6. The molecule has 0 radical (unpaired) electrons. The molecule has 1 rings (SSSR count). The van der Waals surface area contributed by atoms with Gasteiger partial charge < -0.3 is 15.6 Å². The topological polar surface area (TPSA) is 116 Å². The average molecular weight is 341 g/mol. The fourth-order valence-electron chi connectivity index (χ4n) is 1.73. The number of carbonyl (C=O) groups excluding carboxylic acids is 1. The number of carbonyl (C=O) groups is 1. The minimum absolute atomic E-state index is 0. The number of alkyl halides is 2. The predicted octanol–water partition coefficient (Wildman–Crippen LogP) is 2.23. The molecular formula is C12H15ClF2N2O5. The number of esters is 1. The summed E-state index contributed by atoms with van der Waals surface area (Å²) in [4.78, 5) is 21.1. The minimum Gasteiger partial charge on any atom is -0.502 e. The van der Waals surface area contributed by atoms with Gasteiger partial charge in [0.15, 0.2) is 5.75 Å². The van der Waals surface area contributed by atoms with E-state index in [1.165, 1.54) is 13.8 Å². The highest BCUT2D eigenvalue weighted by Crippen LogP contribution is 2.40. The highest BCUT2D eigenvalue weighted by Gasteiger charge is 2.49. The van der Waals surface area contributed by atoms with E-state index in [0.717, 1.165) is 12.1 Å². The normalized spacial score (nSPS) is 12.2. The maximum absolute atomic E-state index is 13.8. The van der Waals surface area contributed by atoms with Crippen LogP contribution in [-0.2, 0) is 9.53 Å². The Morgan fingerprint density at radius 1 is 1.55 bits per heavy atom. The number of aromatic hydroxyl groups is 1. The Kier molecular flexibility index (Phi) is 6.65. The van der Waals surface area contributed by atoms with Gasteiger partial charge in [0.1, 0.15) is 6.04 Å². The zero-order valence-electron chi connectivity index (χ0n) is 11.7. The summed E-state index contributed by atoms with van der Waals surface area (Å²) in [5.74, 6) is -6.98. The van der Waals surface area contributed by atoms with Crippen molar-refractivity contribution >= 4 is 24.1 Å². The van der Waals surface area contributed by atoms with Gasteiger partial charge in [-0.1, -0.05) is 12.1 Å². The second kappa shape index (κ2) is 7.32. The Bertz CT molecular complexity index is 583. The fourth-order valence-corrected chi connectivity index (χ4v) is 1.73. The fraction of sp³-hybridized carbons (Fsp3) is 0.417. The van der Waals surface area contributed by atoms with Crippen LogP contribution in [0.15, 0.2) is 12.1 Å². The number of hydrogen-bond donors (Lipinski definition) is 2. The minimum atomic E-state index is -4.13. The summed E-state index contributed by atoms with van der Waals surface area (Å²) < 4.78 is 31.8. The Labute approximate surface area is 130 Å². The summed E-state index contributed by atoms with van der Waals surface area (Å²) in [5.41, 5.74) is 4.03. The number of nitrogens with two attached hydrogens (primary N) is 1. The third-order valence-corrected chi connectivity index (χ3v) is 2.84. The van der Waals surface area contributed by atoms with Crippen LogP contribution in [0, 0.1) is 17.0 Å². The number of phenolic OH excluding ortho intramolecular Hbond substituents is 1. The smallest absolute Gasteiger partial charge is 0.379 e. The van der Waals surface area contributed by atoms with Crippen molar-refractivity contribution in [3.63, 3.8) is 0 Å². The summed E-state index contributed by atoms with van der Waals surface area (Å²) in [6.07, 6.45) is 0. The van der Waals surface area contributed by atoms with Crippen LogP contribution in [-0.4, -0.2) is 28.5 Å². The molecule has 3 N–H and O–H groups in total. The molecule has 0 amide bonds. The van der Waals surface area contributed by atoms with E-state index in [4.69, 9.17) is 5.73 Å². The van der Waals surface area contributed by atoms with Crippen LogP contribution in [0.4, 0.5) is 14.5 Å². The SMILES string of the molecule is CCOC(=O)C(F)(F)[C@@H](N)c1ccc(C)c([N+](=O)[O-])c1O.Cl. The molecule has 1 aromatic rings. The Balaban J connectivity index is 0.00000441. The molecule has 0 heterocycles. The molecule has 0 saturated carbocycles. The summed E-state index contributed by atoms with van der Waals surface area (Å²) in [7, 11) is 0. The van der Waals surface area contributed by atoms with E-state index in [1.807, 2.05) is 0 Å². The molecule has 1 aromatic carbocycles. The molecule has 0 fully saturated rings. The van der Waals surface area contributed by atoms with Crippen molar-refractivity contribution < 1.29 is 28.3 Å². The molecule has 0 aliphatic heterocycles. The summed E-state index contributed by atoms with van der Waals surface area (Å²) in [5, 5.41) is 20.6. The van der Waals surface area contributed by atoms with E-state index >= 15 is 0 Å². The van der Waals surface area contributed by atoms with Crippen LogP contribution in [0.25, 0.3) is 0 Å². The standard InChI is InChI=1S/C12H14F2N2O5.ClH/c1-3-21-11(18)12(13,14)10(15)7-5-4-6(2)8(9(7)17)16(19)20;/h4-5,10,17H,3,15H2,1-2H3;1H/t10-;/m0./s1. The van der Waals surface area contributed by atoms with Gasteiger partial charge in [0.05, 0.1) is 11.5 Å². The van der Waals surface area contributed by atoms with Gasteiger partial charge in [0.25, 0.3) is 0 Å².